The fourth-order valence-corrected chi connectivity index (χ4v) is 3.68. The molecule has 4 aromatic rings. The Labute approximate surface area is 196 Å². The number of nitrogens with two attached hydrogens (primary N) is 1. The number of thiocarbonyl (C=S) groups is 1. The second kappa shape index (κ2) is 8.52. The first-order valence-corrected chi connectivity index (χ1v) is 10.3. The lowest BCUT2D eigenvalue weighted by molar-refractivity contribution is -0.136. The molecule has 0 bridgehead atoms. The van der Waals surface area contributed by atoms with Crippen LogP contribution in [0.1, 0.15) is 29.9 Å². The minimum absolute atomic E-state index is 0.0720. The summed E-state index contributed by atoms with van der Waals surface area (Å²) < 4.78 is 42.2. The first-order chi connectivity index (χ1) is 15.6. The molecule has 33 heavy (non-hydrogen) atoms. The SMILES string of the molecule is CC(c1ncnn1-c1ccc(C(N)=S)cn1)N(C)c1ncnc2c(C(F)(F)F)cc(Cl)cc12. The quantitative estimate of drug-likeness (QED) is 0.416. The monoisotopic (exact) mass is 492 g/mol. The van der Waals surface area contributed by atoms with Crippen LogP contribution in [0.15, 0.2) is 43.1 Å². The van der Waals surface area contributed by atoms with E-state index in [0.717, 1.165) is 12.4 Å². The lowest BCUT2D eigenvalue weighted by atomic mass is 10.1. The van der Waals surface area contributed by atoms with Crippen molar-refractivity contribution in [3.63, 3.8) is 0 Å². The van der Waals surface area contributed by atoms with Crippen LogP contribution in [0.4, 0.5) is 19.0 Å². The number of rotatable bonds is 5. The van der Waals surface area contributed by atoms with Crippen LogP contribution in [0.3, 0.4) is 0 Å². The molecular formula is C20H16ClF3N8S. The van der Waals surface area contributed by atoms with E-state index in [4.69, 9.17) is 29.6 Å². The summed E-state index contributed by atoms with van der Waals surface area (Å²) >= 11 is 10.9. The number of benzene rings is 1. The Bertz CT molecular complexity index is 1340. The van der Waals surface area contributed by atoms with Crippen molar-refractivity contribution in [1.82, 2.24) is 29.7 Å². The molecule has 0 saturated carbocycles. The largest absolute Gasteiger partial charge is 0.418 e. The van der Waals surface area contributed by atoms with Crippen LogP contribution in [-0.2, 0) is 6.18 Å². The molecule has 8 nitrogen and oxygen atoms in total. The first-order valence-electron chi connectivity index (χ1n) is 9.48. The van der Waals surface area contributed by atoms with Gasteiger partial charge in [0, 0.05) is 29.2 Å². The predicted molar refractivity (Wildman–Crippen MR) is 121 cm³/mol. The van der Waals surface area contributed by atoms with Gasteiger partial charge in [-0.25, -0.2) is 19.9 Å². The zero-order valence-corrected chi connectivity index (χ0v) is 18.8. The summed E-state index contributed by atoms with van der Waals surface area (Å²) in [4.78, 5) is 18.6. The van der Waals surface area contributed by atoms with Crippen LogP contribution in [0.5, 0.6) is 0 Å². The number of nitrogens with zero attached hydrogens (tertiary/aromatic N) is 7. The molecule has 0 spiro atoms. The van der Waals surface area contributed by atoms with Gasteiger partial charge in [-0.2, -0.15) is 23.0 Å². The molecule has 0 aliphatic heterocycles. The summed E-state index contributed by atoms with van der Waals surface area (Å²) in [6.45, 7) is 1.81. The summed E-state index contributed by atoms with van der Waals surface area (Å²) in [6.07, 6.45) is -0.650. The highest BCUT2D eigenvalue weighted by atomic mass is 35.5. The normalized spacial score (nSPS) is 12.7. The molecule has 0 aliphatic rings. The van der Waals surface area contributed by atoms with E-state index in [1.807, 2.05) is 6.92 Å². The third-order valence-electron chi connectivity index (χ3n) is 5.10. The van der Waals surface area contributed by atoms with Crippen molar-refractivity contribution >= 4 is 45.5 Å². The van der Waals surface area contributed by atoms with Gasteiger partial charge in [0.2, 0.25) is 0 Å². The van der Waals surface area contributed by atoms with Crippen LogP contribution in [-0.4, -0.2) is 41.8 Å². The maximum absolute atomic E-state index is 13.6. The number of pyridine rings is 1. The number of hydrogen-bond acceptors (Lipinski definition) is 7. The average Bonchev–Trinajstić information content (AvgIpc) is 3.26. The maximum atomic E-state index is 13.6. The molecule has 0 aliphatic carbocycles. The van der Waals surface area contributed by atoms with Gasteiger partial charge in [0.25, 0.3) is 0 Å². The Hall–Kier alpha value is -3.38. The molecule has 1 atom stereocenters. The van der Waals surface area contributed by atoms with Gasteiger partial charge in [-0.05, 0) is 31.2 Å². The Balaban J connectivity index is 1.76. The summed E-state index contributed by atoms with van der Waals surface area (Å²) in [5.41, 5.74) is 5.04. The van der Waals surface area contributed by atoms with Crippen molar-refractivity contribution in [2.75, 3.05) is 11.9 Å². The lowest BCUT2D eigenvalue weighted by Crippen LogP contribution is -2.26. The van der Waals surface area contributed by atoms with E-state index in [9.17, 15) is 13.2 Å². The van der Waals surface area contributed by atoms with Crippen molar-refractivity contribution in [2.24, 2.45) is 5.73 Å². The summed E-state index contributed by atoms with van der Waals surface area (Å²) in [5, 5.41) is 4.32. The minimum atomic E-state index is -4.62. The minimum Gasteiger partial charge on any atom is -0.389 e. The molecule has 3 aromatic heterocycles. The van der Waals surface area contributed by atoms with Crippen molar-refractivity contribution in [3.8, 4) is 5.82 Å². The smallest absolute Gasteiger partial charge is 0.389 e. The highest BCUT2D eigenvalue weighted by molar-refractivity contribution is 7.80. The highest BCUT2D eigenvalue weighted by Crippen LogP contribution is 2.39. The molecule has 13 heteroatoms. The van der Waals surface area contributed by atoms with E-state index in [0.29, 0.717) is 17.2 Å². The van der Waals surface area contributed by atoms with Gasteiger partial charge >= 0.3 is 6.18 Å². The van der Waals surface area contributed by atoms with Crippen molar-refractivity contribution in [3.05, 3.63) is 65.1 Å². The van der Waals surface area contributed by atoms with Gasteiger partial charge in [-0.1, -0.05) is 23.8 Å². The van der Waals surface area contributed by atoms with E-state index in [1.165, 1.54) is 23.3 Å². The van der Waals surface area contributed by atoms with Gasteiger partial charge in [-0.3, -0.25) is 0 Å². The highest BCUT2D eigenvalue weighted by Gasteiger charge is 2.35. The van der Waals surface area contributed by atoms with Gasteiger partial charge in [0.1, 0.15) is 23.5 Å². The number of aromatic nitrogens is 6. The third-order valence-corrected chi connectivity index (χ3v) is 5.55. The van der Waals surface area contributed by atoms with Crippen LogP contribution >= 0.6 is 23.8 Å². The van der Waals surface area contributed by atoms with Crippen LogP contribution in [0.2, 0.25) is 5.02 Å². The number of halogens is 4. The molecule has 0 saturated heterocycles. The van der Waals surface area contributed by atoms with Gasteiger partial charge in [0.15, 0.2) is 11.6 Å². The van der Waals surface area contributed by atoms with E-state index in [2.05, 4.69) is 25.0 Å². The van der Waals surface area contributed by atoms with E-state index >= 15 is 0 Å². The maximum Gasteiger partial charge on any atom is 0.418 e. The van der Waals surface area contributed by atoms with Gasteiger partial charge in [-0.15, -0.1) is 0 Å². The number of alkyl halides is 3. The van der Waals surface area contributed by atoms with Crippen LogP contribution < -0.4 is 10.6 Å². The first kappa shape index (κ1) is 22.8. The molecule has 170 valence electrons. The Morgan fingerprint density at radius 2 is 1.91 bits per heavy atom. The number of fused-ring (bicyclic) bond motifs is 1. The zero-order chi connectivity index (χ0) is 23.9. The molecule has 0 radical (unpaired) electrons. The summed E-state index contributed by atoms with van der Waals surface area (Å²) in [5.74, 6) is 1.21. The molecule has 0 amide bonds. The Morgan fingerprint density at radius 1 is 1.15 bits per heavy atom. The molecule has 1 aromatic carbocycles. The topological polar surface area (TPSA) is 98.6 Å². The second-order valence-electron chi connectivity index (χ2n) is 7.13. The fourth-order valence-electron chi connectivity index (χ4n) is 3.34. The molecule has 2 N–H and O–H groups in total. The summed E-state index contributed by atoms with van der Waals surface area (Å²) in [7, 11) is 1.68. The summed E-state index contributed by atoms with van der Waals surface area (Å²) in [6, 6.07) is 5.20. The molecule has 3 heterocycles. The molecule has 4 rings (SSSR count). The number of hydrogen-bond donors (Lipinski definition) is 1. The third kappa shape index (κ3) is 4.31. The molecule has 0 fully saturated rings. The van der Waals surface area contributed by atoms with Crippen molar-refractivity contribution in [1.29, 1.82) is 0 Å². The Morgan fingerprint density at radius 3 is 2.55 bits per heavy atom. The van der Waals surface area contributed by atoms with E-state index < -0.39 is 17.8 Å². The second-order valence-corrected chi connectivity index (χ2v) is 8.01. The zero-order valence-electron chi connectivity index (χ0n) is 17.2. The van der Waals surface area contributed by atoms with E-state index in [-0.39, 0.29) is 26.7 Å². The van der Waals surface area contributed by atoms with Gasteiger partial charge < -0.3 is 10.6 Å². The van der Waals surface area contributed by atoms with Gasteiger partial charge in [0.05, 0.1) is 17.1 Å². The Kier molecular flexibility index (Phi) is 5.89. The van der Waals surface area contributed by atoms with E-state index in [1.54, 1.807) is 24.1 Å². The fraction of sp³-hybridized carbons (Fsp3) is 0.200. The predicted octanol–water partition coefficient (Wildman–Crippen LogP) is 4.11. The average molecular weight is 493 g/mol. The number of anilines is 1. The molecule has 1 unspecified atom stereocenters. The molecular weight excluding hydrogens is 477 g/mol. The van der Waals surface area contributed by atoms with Crippen LogP contribution in [0, 0.1) is 0 Å². The van der Waals surface area contributed by atoms with Crippen molar-refractivity contribution in [2.45, 2.75) is 19.1 Å². The lowest BCUT2D eigenvalue weighted by Gasteiger charge is -2.26. The van der Waals surface area contributed by atoms with Crippen molar-refractivity contribution < 1.29 is 13.2 Å². The standard InChI is InChI=1S/C20H16ClF3N8S/c1-10(18-29-9-30-32(18)15-4-3-11(7-26-15)17(25)33)31(2)19-13-5-12(21)6-14(20(22,23)24)16(13)27-8-28-19/h3-10H,1-2H3,(H2,25,33). The van der Waals surface area contributed by atoms with Crippen LogP contribution in [0.25, 0.3) is 16.7 Å².